The molecule has 8 heteroatoms. The Bertz CT molecular complexity index is 3530. The summed E-state index contributed by atoms with van der Waals surface area (Å²) < 4.78 is 2.45. The highest BCUT2D eigenvalue weighted by Crippen LogP contribution is 2.44. The summed E-state index contributed by atoms with van der Waals surface area (Å²) in [6, 6.07) is 30.2. The topological polar surface area (TPSA) is 93.7 Å². The predicted molar refractivity (Wildman–Crippen MR) is 282 cm³/mol. The van der Waals surface area contributed by atoms with Gasteiger partial charge in [0.05, 0.1) is 39.6 Å². The Balaban J connectivity index is 1.49. The molecule has 0 spiro atoms. The van der Waals surface area contributed by atoms with Crippen LogP contribution in [-0.2, 0) is 34.0 Å². The number of thioether (sulfide) groups is 1. The van der Waals surface area contributed by atoms with Crippen LogP contribution in [0.2, 0.25) is 0 Å². The van der Waals surface area contributed by atoms with Crippen molar-refractivity contribution >= 4 is 33.3 Å². The van der Waals surface area contributed by atoms with Crippen molar-refractivity contribution in [3.05, 3.63) is 178 Å². The maximum Gasteiger partial charge on any atom is 0.268 e. The first-order chi connectivity index (χ1) is 31.8. The lowest BCUT2D eigenvalue weighted by atomic mass is 9.79. The van der Waals surface area contributed by atoms with Crippen molar-refractivity contribution in [2.45, 2.75) is 122 Å². The Hall–Kier alpha value is -6.87. The van der Waals surface area contributed by atoms with Gasteiger partial charge in [0.15, 0.2) is 0 Å². The van der Waals surface area contributed by atoms with Gasteiger partial charge in [0, 0.05) is 38.1 Å². The Morgan fingerprint density at radius 3 is 1.44 bits per heavy atom. The number of rotatable bonds is 7. The molecule has 8 rings (SSSR count). The molecule has 0 saturated heterocycles. The maximum absolute atomic E-state index is 15.3. The summed E-state index contributed by atoms with van der Waals surface area (Å²) in [6.45, 7) is 26.4. The Morgan fingerprint density at radius 2 is 0.985 bits per heavy atom. The first kappa shape index (κ1) is 47.6. The molecule has 1 aliphatic carbocycles. The molecule has 1 aromatic heterocycles. The zero-order chi connectivity index (χ0) is 49.4. The van der Waals surface area contributed by atoms with Crippen molar-refractivity contribution in [1.29, 1.82) is 0 Å². The van der Waals surface area contributed by atoms with Crippen molar-refractivity contribution < 1.29 is 5.11 Å². The van der Waals surface area contributed by atoms with Crippen LogP contribution in [0.15, 0.2) is 121 Å². The van der Waals surface area contributed by atoms with E-state index in [9.17, 15) is 5.11 Å². The zero-order valence-electron chi connectivity index (χ0n) is 41.2. The van der Waals surface area contributed by atoms with Crippen LogP contribution in [0, 0.1) is 24.7 Å². The molecular formula is C60H59N3O4S. The number of pyridine rings is 2. The van der Waals surface area contributed by atoms with Gasteiger partial charge in [-0.15, -0.1) is 24.6 Å². The van der Waals surface area contributed by atoms with Gasteiger partial charge in [0.2, 0.25) is 5.88 Å². The molecule has 1 aliphatic heterocycles. The number of terminal acetylenes is 2. The summed E-state index contributed by atoms with van der Waals surface area (Å²) in [7, 11) is 0. The van der Waals surface area contributed by atoms with Gasteiger partial charge in [0.1, 0.15) is 0 Å². The second-order valence-corrected chi connectivity index (χ2v) is 23.1. The van der Waals surface area contributed by atoms with Gasteiger partial charge in [-0.3, -0.25) is 19.4 Å². The van der Waals surface area contributed by atoms with Gasteiger partial charge in [-0.05, 0) is 116 Å². The molecule has 2 heterocycles. The number of hydrogen-bond acceptors (Lipinski definition) is 6. The van der Waals surface area contributed by atoms with Crippen LogP contribution >= 0.6 is 11.8 Å². The van der Waals surface area contributed by atoms with Crippen molar-refractivity contribution in [3.8, 4) is 53.1 Å². The highest BCUT2D eigenvalue weighted by molar-refractivity contribution is 7.98. The summed E-state index contributed by atoms with van der Waals surface area (Å²) in [5.74, 6) is 5.38. The van der Waals surface area contributed by atoms with E-state index in [-0.39, 0.29) is 55.8 Å². The molecule has 68 heavy (non-hydrogen) atoms. The molecule has 7 nitrogen and oxygen atoms in total. The monoisotopic (exact) mass is 917 g/mol. The number of aromatic nitrogens is 2. The highest BCUT2D eigenvalue weighted by atomic mass is 32.2. The molecule has 344 valence electrons. The Kier molecular flexibility index (Phi) is 11.9. The van der Waals surface area contributed by atoms with E-state index >= 15 is 14.4 Å². The molecule has 5 aromatic carbocycles. The molecule has 0 unspecified atom stereocenters. The third-order valence-corrected chi connectivity index (χ3v) is 14.0. The lowest BCUT2D eigenvalue weighted by molar-refractivity contribution is 0.443. The van der Waals surface area contributed by atoms with E-state index < -0.39 is 16.7 Å². The van der Waals surface area contributed by atoms with Gasteiger partial charge >= 0.3 is 0 Å². The molecule has 0 saturated carbocycles. The summed E-state index contributed by atoms with van der Waals surface area (Å²) in [4.78, 5) is 51.4. The summed E-state index contributed by atoms with van der Waals surface area (Å²) in [5.41, 5.74) is 6.89. The zero-order valence-corrected chi connectivity index (χ0v) is 42.0. The number of benzene rings is 6. The minimum Gasteiger partial charge on any atom is -0.494 e. The van der Waals surface area contributed by atoms with E-state index in [1.165, 1.54) is 32.0 Å². The fourth-order valence-electron chi connectivity index (χ4n) is 8.78. The van der Waals surface area contributed by atoms with Crippen LogP contribution in [0.1, 0.15) is 128 Å². The third kappa shape index (κ3) is 8.75. The number of nitrogens with zero attached hydrogens (tertiary/aromatic N) is 3. The van der Waals surface area contributed by atoms with Crippen LogP contribution < -0.4 is 22.0 Å². The highest BCUT2D eigenvalue weighted by Gasteiger charge is 2.31. The van der Waals surface area contributed by atoms with E-state index in [0.29, 0.717) is 49.5 Å². The average Bonchev–Trinajstić information content (AvgIpc) is 3.27. The second-order valence-electron chi connectivity index (χ2n) is 22.1. The van der Waals surface area contributed by atoms with E-state index in [2.05, 4.69) is 131 Å². The maximum atomic E-state index is 15.3. The van der Waals surface area contributed by atoms with Crippen LogP contribution in [0.5, 0.6) is 5.88 Å². The van der Waals surface area contributed by atoms with E-state index in [1.807, 2.05) is 0 Å². The Labute approximate surface area is 403 Å². The van der Waals surface area contributed by atoms with Crippen molar-refractivity contribution in [3.63, 3.8) is 0 Å². The first-order valence-electron chi connectivity index (χ1n) is 23.0. The fourth-order valence-corrected chi connectivity index (χ4v) is 9.80. The fraction of sp³-hybridized carbons (Fsp3) is 0.300. The van der Waals surface area contributed by atoms with E-state index in [4.69, 9.17) is 17.8 Å². The van der Waals surface area contributed by atoms with E-state index in [0.717, 1.165) is 22.3 Å². The smallest absolute Gasteiger partial charge is 0.268 e. The van der Waals surface area contributed by atoms with Crippen LogP contribution in [0.4, 0.5) is 0 Å². The van der Waals surface area contributed by atoms with Crippen LogP contribution in [-0.4, -0.2) is 14.2 Å². The minimum atomic E-state index is -0.580. The van der Waals surface area contributed by atoms with Gasteiger partial charge < -0.3 is 5.11 Å². The quantitative estimate of drug-likeness (QED) is 0.0976. The summed E-state index contributed by atoms with van der Waals surface area (Å²) in [6.07, 6.45) is 11.4. The van der Waals surface area contributed by atoms with Crippen molar-refractivity contribution in [1.82, 2.24) is 9.13 Å². The predicted octanol–water partition coefficient (Wildman–Crippen LogP) is 11.9. The van der Waals surface area contributed by atoms with Crippen LogP contribution in [0.3, 0.4) is 0 Å². The lowest BCUT2D eigenvalue weighted by Gasteiger charge is -2.26. The van der Waals surface area contributed by atoms with Gasteiger partial charge in [0.25, 0.3) is 16.7 Å². The second kappa shape index (κ2) is 17.0. The van der Waals surface area contributed by atoms with Crippen LogP contribution in [0.25, 0.3) is 44.0 Å². The summed E-state index contributed by atoms with van der Waals surface area (Å²) in [5, 5.41) is 13.8. The average molecular weight is 918 g/mol. The number of aromatic hydroxyl groups is 1. The summed E-state index contributed by atoms with van der Waals surface area (Å²) >= 11 is 1.45. The van der Waals surface area contributed by atoms with Gasteiger partial charge in [-0.25, -0.2) is 9.13 Å². The van der Waals surface area contributed by atoms with Gasteiger partial charge in [-0.2, -0.15) is 0 Å². The minimum absolute atomic E-state index is 0.126. The molecule has 0 bridgehead atoms. The first-order valence-corrected chi connectivity index (χ1v) is 24.0. The van der Waals surface area contributed by atoms with E-state index in [1.54, 1.807) is 60.7 Å². The number of hydrogen-bond donors (Lipinski definition) is 1. The molecule has 2 aliphatic rings. The standard InChI is InChI=1S/C60H59N3O4S/c1-15-35-17-21-43(22-18-35)62-54(65)46-32-48(68-34-38-27-41(59(9,10)11)30-42(28-38)60(12,13)14)52-50-45(53(64)63(56(52)67)44-23-19-36(16-2)20-24-44)31-47(51(49(46)50)55(62)66)61-33-37-25-39(57(3,4)5)29-40(26-37)58(6,7)8/h1-2,17-32,65H,33-34H2,3-14H3. The molecule has 0 radical (unpaired) electrons. The molecule has 0 atom stereocenters. The van der Waals surface area contributed by atoms with Crippen molar-refractivity contribution in [2.24, 2.45) is 4.99 Å². The van der Waals surface area contributed by atoms with Crippen molar-refractivity contribution in [2.75, 3.05) is 0 Å². The molecule has 0 amide bonds. The SMILES string of the molecule is C#Cc1ccc(-n2c(O)c3cc(SCc4cc(C(C)(C)C)cc(C(C)(C)C)c4)c4c5c3c(c(=NCc3cc(C(C)(C)C)cc(C(C)(C)C)c3)cc-5c(=O)n(-c3ccc(C#C)cc3)c4=O)c2=O)cc1. The molecule has 0 fully saturated rings. The normalized spacial score (nSPS) is 12.9. The lowest BCUT2D eigenvalue weighted by Crippen LogP contribution is -2.36. The third-order valence-electron chi connectivity index (χ3n) is 12.9. The molecule has 1 N–H and O–H groups in total. The van der Waals surface area contributed by atoms with Gasteiger partial charge in [-0.1, -0.05) is 131 Å². The molecule has 6 aromatic rings. The largest absolute Gasteiger partial charge is 0.494 e. The Morgan fingerprint density at radius 1 is 0.544 bits per heavy atom. The molecular weight excluding hydrogens is 859 g/mol.